The molecule has 260 valence electrons. The zero-order valence-corrected chi connectivity index (χ0v) is 32.8. The maximum absolute atomic E-state index is 4.05. The number of hydrogen-bond donors (Lipinski definition) is 2. The molecule has 2 heterocycles. The minimum atomic E-state index is -0.329. The van der Waals surface area contributed by atoms with Crippen LogP contribution in [0.3, 0.4) is 0 Å². The standard InChI is InChI=1S/C37H53N2P2.C5H5.Fe/c1-35(2,3)41(36(4,5)6)26-30-31(37(40,32-21-13-15-23-38-32)33-22-14-16-24-39-33)25-29(27-17-9-7-10-18-27)34(30)28-19-11-8-12-20-28;1-2-4-5-3-1;/h7-12,17-20,25,32-33,38-39H,13-16,21-24,26,40H2,1-6H3;1-5H;/q-1;-5;. The maximum Gasteiger partial charge on any atom is 0.0231 e. The first kappa shape index (κ1) is 38.2. The van der Waals surface area contributed by atoms with Gasteiger partial charge in [-0.25, -0.2) is 0 Å². The van der Waals surface area contributed by atoms with Gasteiger partial charge < -0.3 is 41.0 Å². The van der Waals surface area contributed by atoms with Crippen LogP contribution in [0.2, 0.25) is 0 Å². The molecule has 0 aliphatic carbocycles. The molecule has 4 aromatic carbocycles. The number of benzene rings is 2. The van der Waals surface area contributed by atoms with Crippen molar-refractivity contribution in [2.45, 2.75) is 114 Å². The average molecular weight is 709 g/mol. The zero-order chi connectivity index (χ0) is 32.8. The molecule has 0 aromatic heterocycles. The summed E-state index contributed by atoms with van der Waals surface area (Å²) in [5.41, 5.74) is 8.71. The summed E-state index contributed by atoms with van der Waals surface area (Å²) >= 11 is 0. The Hall–Kier alpha value is -1.56. The molecule has 6 rings (SSSR count). The van der Waals surface area contributed by atoms with E-state index in [1.54, 1.807) is 11.1 Å². The Balaban J connectivity index is 0.000000762. The fraction of sp³-hybridized carbons (Fsp3) is 0.476. The quantitative estimate of drug-likeness (QED) is 0.113. The first-order chi connectivity index (χ1) is 22.0. The van der Waals surface area contributed by atoms with Gasteiger partial charge in [-0.1, -0.05) is 126 Å². The average Bonchev–Trinajstić information content (AvgIpc) is 3.77. The van der Waals surface area contributed by atoms with E-state index in [2.05, 4.69) is 128 Å². The van der Waals surface area contributed by atoms with Crippen molar-refractivity contribution >= 4 is 17.2 Å². The van der Waals surface area contributed by atoms with Crippen LogP contribution in [-0.2, 0) is 28.4 Å². The Labute approximate surface area is 300 Å². The van der Waals surface area contributed by atoms with Crippen LogP contribution >= 0.6 is 17.2 Å². The normalized spacial score (nSPS) is 20.1. The maximum atomic E-state index is 4.05. The first-order valence-corrected chi connectivity index (χ1v) is 19.8. The summed E-state index contributed by atoms with van der Waals surface area (Å²) in [6.45, 7) is 17.1. The molecular weight excluding hydrogens is 650 g/mol. The van der Waals surface area contributed by atoms with Gasteiger partial charge in [-0.3, -0.25) is 0 Å². The summed E-state index contributed by atoms with van der Waals surface area (Å²) in [5.74, 6) is 0. The smallest absolute Gasteiger partial charge is 0.0231 e. The molecule has 2 fully saturated rings. The third-order valence-electron chi connectivity index (χ3n) is 10.1. The van der Waals surface area contributed by atoms with Gasteiger partial charge in [-0.15, -0.1) is 39.4 Å². The van der Waals surface area contributed by atoms with Gasteiger partial charge >= 0.3 is 0 Å². The Morgan fingerprint density at radius 3 is 1.55 bits per heavy atom. The SMILES string of the molecule is CC(C)(C)P(C[c-]1c(C(P)(C2CCCCN2)C2CCCCN2)cc(-c2ccccc2)c1-c1ccccc1)C(C)(C)C.[Fe].[cH-]1[cH-][cH-][cH-][cH-]1. The van der Waals surface area contributed by atoms with Crippen molar-refractivity contribution in [3.8, 4) is 22.3 Å². The number of piperidine rings is 2. The molecule has 5 heteroatoms. The Kier molecular flexibility index (Phi) is 13.8. The Morgan fingerprint density at radius 1 is 0.702 bits per heavy atom. The van der Waals surface area contributed by atoms with Crippen molar-refractivity contribution in [1.82, 2.24) is 10.6 Å². The summed E-state index contributed by atoms with van der Waals surface area (Å²) in [5, 5.41) is 8.53. The molecule has 4 aromatic rings. The number of hydrogen-bond acceptors (Lipinski definition) is 2. The molecular formula is C42H58FeN2P2-6. The largest absolute Gasteiger partial charge is 0.748 e. The second kappa shape index (κ2) is 16.9. The van der Waals surface area contributed by atoms with Crippen LogP contribution in [0.15, 0.2) is 97.1 Å². The van der Waals surface area contributed by atoms with E-state index in [-0.39, 0.29) is 40.5 Å². The number of rotatable bonds is 7. The van der Waals surface area contributed by atoms with Crippen LogP contribution in [-0.4, -0.2) is 35.5 Å². The molecule has 2 saturated heterocycles. The fourth-order valence-corrected chi connectivity index (χ4v) is 12.5. The van der Waals surface area contributed by atoms with Crippen LogP contribution in [0.1, 0.15) is 91.2 Å². The van der Waals surface area contributed by atoms with Gasteiger partial charge in [0.15, 0.2) is 0 Å². The van der Waals surface area contributed by atoms with Crippen molar-refractivity contribution in [1.29, 1.82) is 0 Å². The van der Waals surface area contributed by atoms with Crippen LogP contribution in [0.25, 0.3) is 22.3 Å². The van der Waals surface area contributed by atoms with Gasteiger partial charge in [0.1, 0.15) is 0 Å². The zero-order valence-electron chi connectivity index (χ0n) is 29.6. The second-order valence-electron chi connectivity index (χ2n) is 15.4. The minimum Gasteiger partial charge on any atom is -0.748 e. The predicted molar refractivity (Wildman–Crippen MR) is 208 cm³/mol. The van der Waals surface area contributed by atoms with Gasteiger partial charge in [-0.05, 0) is 55.2 Å². The Morgan fingerprint density at radius 2 is 1.15 bits per heavy atom. The van der Waals surface area contributed by atoms with Gasteiger partial charge in [0, 0.05) is 34.3 Å². The molecule has 0 radical (unpaired) electrons. The monoisotopic (exact) mass is 708 g/mol. The van der Waals surface area contributed by atoms with Crippen molar-refractivity contribution in [2.75, 3.05) is 13.1 Å². The molecule has 0 saturated carbocycles. The van der Waals surface area contributed by atoms with E-state index in [0.29, 0.717) is 12.1 Å². The summed E-state index contributed by atoms with van der Waals surface area (Å²) < 4.78 is 0. The molecule has 2 N–H and O–H groups in total. The van der Waals surface area contributed by atoms with Crippen LogP contribution in [0, 0.1) is 0 Å². The second-order valence-corrected chi connectivity index (χ2v) is 20.2. The van der Waals surface area contributed by atoms with E-state index < -0.39 is 0 Å². The molecule has 0 bridgehead atoms. The first-order valence-electron chi connectivity index (χ1n) is 17.6. The molecule has 0 spiro atoms. The number of nitrogens with one attached hydrogen (secondary N) is 2. The van der Waals surface area contributed by atoms with Crippen molar-refractivity contribution in [3.05, 3.63) is 108 Å². The van der Waals surface area contributed by atoms with Gasteiger partial charge in [-0.2, -0.15) is 6.07 Å². The van der Waals surface area contributed by atoms with E-state index in [1.807, 2.05) is 30.3 Å². The van der Waals surface area contributed by atoms with Crippen molar-refractivity contribution < 1.29 is 17.1 Å². The van der Waals surface area contributed by atoms with Crippen molar-refractivity contribution in [2.24, 2.45) is 0 Å². The summed E-state index contributed by atoms with van der Waals surface area (Å²) in [6, 6.07) is 36.0. The predicted octanol–water partition coefficient (Wildman–Crippen LogP) is 11.1. The third kappa shape index (κ3) is 9.17. The molecule has 3 unspecified atom stereocenters. The van der Waals surface area contributed by atoms with Crippen LogP contribution < -0.4 is 10.6 Å². The minimum absolute atomic E-state index is 0. The van der Waals surface area contributed by atoms with E-state index >= 15 is 0 Å². The summed E-state index contributed by atoms with van der Waals surface area (Å²) in [6.07, 6.45) is 8.81. The molecule has 2 aliphatic heterocycles. The molecule has 2 aliphatic rings. The molecule has 2 nitrogen and oxygen atoms in total. The van der Waals surface area contributed by atoms with Crippen molar-refractivity contribution in [3.63, 3.8) is 0 Å². The van der Waals surface area contributed by atoms with E-state index in [1.165, 1.54) is 60.8 Å². The van der Waals surface area contributed by atoms with Gasteiger partial charge in [0.2, 0.25) is 0 Å². The van der Waals surface area contributed by atoms with Gasteiger partial charge in [0.25, 0.3) is 0 Å². The molecule has 47 heavy (non-hydrogen) atoms. The van der Waals surface area contributed by atoms with Crippen LogP contribution in [0.5, 0.6) is 0 Å². The van der Waals surface area contributed by atoms with Crippen LogP contribution in [0.4, 0.5) is 0 Å². The summed E-state index contributed by atoms with van der Waals surface area (Å²) in [7, 11) is 3.19. The fourth-order valence-electron chi connectivity index (χ4n) is 8.03. The van der Waals surface area contributed by atoms with Gasteiger partial charge in [0.05, 0.1) is 0 Å². The molecule has 3 atom stereocenters. The van der Waals surface area contributed by atoms with E-state index in [9.17, 15) is 0 Å². The Bertz CT molecular complexity index is 1400. The topological polar surface area (TPSA) is 24.1 Å². The van der Waals surface area contributed by atoms with E-state index in [0.717, 1.165) is 19.3 Å². The molecule has 0 amide bonds. The van der Waals surface area contributed by atoms with E-state index in [4.69, 9.17) is 0 Å². The summed E-state index contributed by atoms with van der Waals surface area (Å²) in [4.78, 5) is 0. The third-order valence-corrected chi connectivity index (χ3v) is 15.1.